The molecule has 20 heavy (non-hydrogen) atoms. The first kappa shape index (κ1) is 15.3. The molecule has 0 saturated heterocycles. The Morgan fingerprint density at radius 3 is 2.75 bits per heavy atom. The largest absolute Gasteiger partial charge is 0.491 e. The van der Waals surface area contributed by atoms with Crippen LogP contribution in [0.2, 0.25) is 0 Å². The number of ether oxygens (including phenoxy) is 1. The highest BCUT2D eigenvalue weighted by Crippen LogP contribution is 2.22. The van der Waals surface area contributed by atoms with E-state index < -0.39 is 6.10 Å². The molecule has 1 saturated carbocycles. The number of hydrogen-bond donors (Lipinski definition) is 2. The van der Waals surface area contributed by atoms with Crippen LogP contribution in [-0.4, -0.2) is 42.4 Å². The highest BCUT2D eigenvalue weighted by atomic mass is 16.5. The van der Waals surface area contributed by atoms with E-state index >= 15 is 0 Å². The molecule has 112 valence electrons. The summed E-state index contributed by atoms with van der Waals surface area (Å²) in [7, 11) is 2.09. The molecule has 3 N–H and O–H groups in total. The van der Waals surface area contributed by atoms with Crippen LogP contribution in [0.4, 0.5) is 0 Å². The van der Waals surface area contributed by atoms with Gasteiger partial charge in [0, 0.05) is 24.7 Å². The standard InChI is InChI=1S/C16H26N2O2/c1-18(14-7-3-4-8-14)11-15(19)12-20-16-9-5-2-6-13(16)10-17/h2,5-6,9,14-15,19H,3-4,7-8,10-12,17H2,1H3. The minimum absolute atomic E-state index is 0.314. The lowest BCUT2D eigenvalue weighted by atomic mass is 10.2. The molecule has 2 rings (SSSR count). The van der Waals surface area contributed by atoms with E-state index in [1.807, 2.05) is 24.3 Å². The van der Waals surface area contributed by atoms with Crippen molar-refractivity contribution in [2.75, 3.05) is 20.2 Å². The fourth-order valence-electron chi connectivity index (χ4n) is 2.88. The average molecular weight is 278 g/mol. The third-order valence-electron chi connectivity index (χ3n) is 4.07. The second kappa shape index (κ2) is 7.62. The van der Waals surface area contributed by atoms with Crippen molar-refractivity contribution in [3.8, 4) is 5.75 Å². The Labute approximate surface area is 121 Å². The van der Waals surface area contributed by atoms with Gasteiger partial charge in [-0.3, -0.25) is 0 Å². The fraction of sp³-hybridized carbons (Fsp3) is 0.625. The van der Waals surface area contributed by atoms with Gasteiger partial charge in [-0.05, 0) is 26.0 Å². The molecular weight excluding hydrogens is 252 g/mol. The van der Waals surface area contributed by atoms with Crippen molar-refractivity contribution in [1.82, 2.24) is 4.90 Å². The Hall–Kier alpha value is -1.10. The van der Waals surface area contributed by atoms with Crippen LogP contribution in [0.1, 0.15) is 31.2 Å². The van der Waals surface area contributed by atoms with Crippen LogP contribution in [0, 0.1) is 0 Å². The van der Waals surface area contributed by atoms with Crippen LogP contribution in [-0.2, 0) is 6.54 Å². The quantitative estimate of drug-likeness (QED) is 0.798. The molecule has 0 bridgehead atoms. The zero-order valence-electron chi connectivity index (χ0n) is 12.3. The maximum absolute atomic E-state index is 10.1. The highest BCUT2D eigenvalue weighted by Gasteiger charge is 2.21. The summed E-state index contributed by atoms with van der Waals surface area (Å²) >= 11 is 0. The van der Waals surface area contributed by atoms with Crippen molar-refractivity contribution in [2.24, 2.45) is 5.73 Å². The maximum atomic E-state index is 10.1. The molecule has 4 nitrogen and oxygen atoms in total. The van der Waals surface area contributed by atoms with E-state index in [0.29, 0.717) is 25.7 Å². The second-order valence-electron chi connectivity index (χ2n) is 5.65. The van der Waals surface area contributed by atoms with Gasteiger partial charge >= 0.3 is 0 Å². The van der Waals surface area contributed by atoms with Gasteiger partial charge in [0.1, 0.15) is 18.5 Å². The monoisotopic (exact) mass is 278 g/mol. The maximum Gasteiger partial charge on any atom is 0.123 e. The van der Waals surface area contributed by atoms with Crippen LogP contribution < -0.4 is 10.5 Å². The van der Waals surface area contributed by atoms with Gasteiger partial charge < -0.3 is 20.5 Å². The molecule has 1 fully saturated rings. The first-order valence-corrected chi connectivity index (χ1v) is 7.49. The molecule has 0 aliphatic heterocycles. The minimum atomic E-state index is -0.466. The van der Waals surface area contributed by atoms with Gasteiger partial charge in [-0.15, -0.1) is 0 Å². The topological polar surface area (TPSA) is 58.7 Å². The van der Waals surface area contributed by atoms with E-state index in [9.17, 15) is 5.11 Å². The number of likely N-dealkylation sites (N-methyl/N-ethyl adjacent to an activating group) is 1. The number of aliphatic hydroxyl groups excluding tert-OH is 1. The van der Waals surface area contributed by atoms with E-state index in [1.54, 1.807) is 0 Å². The van der Waals surface area contributed by atoms with Crippen molar-refractivity contribution in [3.05, 3.63) is 29.8 Å². The summed E-state index contributed by atoms with van der Waals surface area (Å²) in [4.78, 5) is 2.26. The Morgan fingerprint density at radius 1 is 1.35 bits per heavy atom. The zero-order chi connectivity index (χ0) is 14.4. The fourth-order valence-corrected chi connectivity index (χ4v) is 2.88. The second-order valence-corrected chi connectivity index (χ2v) is 5.65. The number of nitrogens with zero attached hydrogens (tertiary/aromatic N) is 1. The SMILES string of the molecule is CN(CC(O)COc1ccccc1CN)C1CCCC1. The molecule has 0 amide bonds. The van der Waals surface area contributed by atoms with Gasteiger partial charge in [-0.2, -0.15) is 0 Å². The summed E-state index contributed by atoms with van der Waals surface area (Å²) < 4.78 is 5.70. The van der Waals surface area contributed by atoms with Crippen LogP contribution in [0.5, 0.6) is 5.75 Å². The summed E-state index contributed by atoms with van der Waals surface area (Å²) in [6, 6.07) is 8.34. The molecule has 1 unspecified atom stereocenters. The number of rotatable bonds is 7. The summed E-state index contributed by atoms with van der Waals surface area (Å²) in [5.41, 5.74) is 6.65. The first-order valence-electron chi connectivity index (χ1n) is 7.49. The molecular formula is C16H26N2O2. The van der Waals surface area contributed by atoms with Gasteiger partial charge in [0.15, 0.2) is 0 Å². The Kier molecular flexibility index (Phi) is 5.83. The Balaban J connectivity index is 1.78. The van der Waals surface area contributed by atoms with Crippen LogP contribution in [0.15, 0.2) is 24.3 Å². The number of benzene rings is 1. The Morgan fingerprint density at radius 2 is 2.05 bits per heavy atom. The van der Waals surface area contributed by atoms with Crippen molar-refractivity contribution in [1.29, 1.82) is 0 Å². The molecule has 1 atom stereocenters. The van der Waals surface area contributed by atoms with Crippen LogP contribution in [0.25, 0.3) is 0 Å². The number of aliphatic hydroxyl groups is 1. The lowest BCUT2D eigenvalue weighted by Gasteiger charge is -2.26. The smallest absolute Gasteiger partial charge is 0.123 e. The number of para-hydroxylation sites is 1. The normalized spacial score (nSPS) is 17.6. The predicted molar refractivity (Wildman–Crippen MR) is 80.7 cm³/mol. The van der Waals surface area contributed by atoms with Gasteiger partial charge in [0.2, 0.25) is 0 Å². The summed E-state index contributed by atoms with van der Waals surface area (Å²) in [5.74, 6) is 0.776. The number of nitrogens with two attached hydrogens (primary N) is 1. The molecule has 1 aliphatic carbocycles. The van der Waals surface area contributed by atoms with E-state index in [-0.39, 0.29) is 0 Å². The third kappa shape index (κ3) is 4.20. The molecule has 0 heterocycles. The van der Waals surface area contributed by atoms with Crippen molar-refractivity contribution < 1.29 is 9.84 Å². The Bertz CT molecular complexity index is 405. The summed E-state index contributed by atoms with van der Waals surface area (Å²) in [6.45, 7) is 1.43. The molecule has 1 aromatic carbocycles. The van der Waals surface area contributed by atoms with Gasteiger partial charge in [0.25, 0.3) is 0 Å². The first-order chi connectivity index (χ1) is 9.70. The zero-order valence-corrected chi connectivity index (χ0v) is 12.3. The molecule has 1 aromatic rings. The molecule has 0 aromatic heterocycles. The van der Waals surface area contributed by atoms with E-state index in [2.05, 4.69) is 11.9 Å². The molecule has 1 aliphatic rings. The number of hydrogen-bond acceptors (Lipinski definition) is 4. The lowest BCUT2D eigenvalue weighted by molar-refractivity contribution is 0.0635. The molecule has 0 spiro atoms. The van der Waals surface area contributed by atoms with E-state index in [1.165, 1.54) is 25.7 Å². The lowest BCUT2D eigenvalue weighted by Crippen LogP contribution is -2.38. The molecule has 4 heteroatoms. The van der Waals surface area contributed by atoms with Crippen molar-refractivity contribution >= 4 is 0 Å². The van der Waals surface area contributed by atoms with Gasteiger partial charge in [-0.1, -0.05) is 31.0 Å². The van der Waals surface area contributed by atoms with Gasteiger partial charge in [0.05, 0.1) is 0 Å². The predicted octanol–water partition coefficient (Wildman–Crippen LogP) is 1.76. The van der Waals surface area contributed by atoms with Crippen LogP contribution in [0.3, 0.4) is 0 Å². The highest BCUT2D eigenvalue weighted by molar-refractivity contribution is 5.32. The van der Waals surface area contributed by atoms with Gasteiger partial charge in [-0.25, -0.2) is 0 Å². The minimum Gasteiger partial charge on any atom is -0.491 e. The van der Waals surface area contributed by atoms with Crippen molar-refractivity contribution in [2.45, 2.75) is 44.4 Å². The van der Waals surface area contributed by atoms with Crippen LogP contribution >= 0.6 is 0 Å². The van der Waals surface area contributed by atoms with E-state index in [4.69, 9.17) is 10.5 Å². The average Bonchev–Trinajstić information content (AvgIpc) is 2.99. The molecule has 0 radical (unpaired) electrons. The summed E-state index contributed by atoms with van der Waals surface area (Å²) in [6.07, 6.45) is 4.66. The van der Waals surface area contributed by atoms with E-state index in [0.717, 1.165) is 11.3 Å². The van der Waals surface area contributed by atoms with Crippen molar-refractivity contribution in [3.63, 3.8) is 0 Å². The summed E-state index contributed by atoms with van der Waals surface area (Å²) in [5, 5.41) is 10.1. The third-order valence-corrected chi connectivity index (χ3v) is 4.07.